The molecule has 4 rings (SSSR count). The number of hydrogen-bond donors (Lipinski definition) is 1. The summed E-state index contributed by atoms with van der Waals surface area (Å²) in [5.74, 6) is -0.263. The average molecular weight is 433 g/mol. The smallest absolute Gasteiger partial charge is 0.410 e. The second-order valence-electron chi connectivity index (χ2n) is 7.00. The van der Waals surface area contributed by atoms with Gasteiger partial charge in [-0.3, -0.25) is 9.78 Å². The lowest BCUT2D eigenvalue weighted by molar-refractivity contribution is 0.0989. The minimum Gasteiger partial charge on any atom is -0.449 e. The fraction of sp³-hybridized carbons (Fsp3) is 0.217. The number of thiophene rings is 1. The molecule has 0 fully saturated rings. The van der Waals surface area contributed by atoms with Crippen LogP contribution in [0.2, 0.25) is 0 Å². The summed E-state index contributed by atoms with van der Waals surface area (Å²) in [5.41, 5.74) is 2.77. The molecule has 0 saturated heterocycles. The predicted octanol–water partition coefficient (Wildman–Crippen LogP) is 4.00. The minimum absolute atomic E-state index is 0.255. The molecule has 1 aromatic carbocycles. The Bertz CT molecular complexity index is 1120. The van der Waals surface area contributed by atoms with E-state index in [1.807, 2.05) is 24.3 Å². The number of amides is 2. The Morgan fingerprint density at radius 2 is 2.00 bits per heavy atom. The van der Waals surface area contributed by atoms with E-state index >= 15 is 0 Å². The molecule has 0 saturated carbocycles. The number of anilines is 1. The Morgan fingerprint density at radius 3 is 2.74 bits per heavy atom. The summed E-state index contributed by atoms with van der Waals surface area (Å²) in [6.07, 6.45) is 2.42. The highest BCUT2D eigenvalue weighted by Gasteiger charge is 2.28. The molecule has 1 aliphatic heterocycles. The van der Waals surface area contributed by atoms with Crippen LogP contribution in [-0.4, -0.2) is 35.0 Å². The molecule has 3 heterocycles. The Balaban J connectivity index is 1.40. The number of ether oxygens (including phenoxy) is 1. The van der Waals surface area contributed by atoms with Crippen molar-refractivity contribution in [3.8, 4) is 6.07 Å². The molecule has 7 nitrogen and oxygen atoms in total. The van der Waals surface area contributed by atoms with Gasteiger partial charge in [-0.25, -0.2) is 4.79 Å². The normalized spacial score (nSPS) is 12.5. The van der Waals surface area contributed by atoms with Crippen LogP contribution in [0.5, 0.6) is 0 Å². The van der Waals surface area contributed by atoms with E-state index < -0.39 is 0 Å². The van der Waals surface area contributed by atoms with Crippen LogP contribution in [0.3, 0.4) is 0 Å². The van der Waals surface area contributed by atoms with Gasteiger partial charge in [-0.2, -0.15) is 5.26 Å². The Kier molecular flexibility index (Phi) is 6.24. The fourth-order valence-electron chi connectivity index (χ4n) is 3.41. The van der Waals surface area contributed by atoms with Gasteiger partial charge < -0.3 is 15.0 Å². The molecule has 156 valence electrons. The molecule has 3 aromatic rings. The molecule has 0 spiro atoms. The summed E-state index contributed by atoms with van der Waals surface area (Å²) < 4.78 is 5.40. The summed E-state index contributed by atoms with van der Waals surface area (Å²) in [4.78, 5) is 31.7. The van der Waals surface area contributed by atoms with Gasteiger partial charge in [-0.05, 0) is 36.2 Å². The van der Waals surface area contributed by atoms with E-state index in [0.29, 0.717) is 42.1 Å². The maximum Gasteiger partial charge on any atom is 0.410 e. The minimum atomic E-state index is -0.386. The van der Waals surface area contributed by atoms with Gasteiger partial charge >= 0.3 is 6.09 Å². The molecule has 0 aliphatic carbocycles. The second kappa shape index (κ2) is 9.41. The second-order valence-corrected chi connectivity index (χ2v) is 8.10. The van der Waals surface area contributed by atoms with Gasteiger partial charge in [0, 0.05) is 35.3 Å². The van der Waals surface area contributed by atoms with Crippen LogP contribution in [-0.2, 0) is 24.1 Å². The highest BCUT2D eigenvalue weighted by atomic mass is 32.1. The van der Waals surface area contributed by atoms with Gasteiger partial charge in [0.15, 0.2) is 0 Å². The number of nitrogens with one attached hydrogen (secondary N) is 1. The molecule has 1 aliphatic rings. The third-order valence-electron chi connectivity index (χ3n) is 5.00. The van der Waals surface area contributed by atoms with E-state index in [2.05, 4.69) is 16.4 Å². The lowest BCUT2D eigenvalue weighted by atomic mass is 10.0. The van der Waals surface area contributed by atoms with Crippen molar-refractivity contribution in [1.82, 2.24) is 9.88 Å². The highest BCUT2D eigenvalue weighted by Crippen LogP contribution is 2.37. The van der Waals surface area contributed by atoms with E-state index in [1.165, 1.54) is 11.3 Å². The van der Waals surface area contributed by atoms with Crippen molar-refractivity contribution in [2.24, 2.45) is 0 Å². The molecule has 31 heavy (non-hydrogen) atoms. The first-order chi connectivity index (χ1) is 15.2. The van der Waals surface area contributed by atoms with Gasteiger partial charge in [-0.1, -0.05) is 24.3 Å². The molecular weight excluding hydrogens is 412 g/mol. The Labute approximate surface area is 183 Å². The third kappa shape index (κ3) is 4.73. The van der Waals surface area contributed by atoms with E-state index in [1.54, 1.807) is 35.4 Å². The summed E-state index contributed by atoms with van der Waals surface area (Å²) >= 11 is 1.34. The Morgan fingerprint density at radius 1 is 1.19 bits per heavy atom. The van der Waals surface area contributed by atoms with Crippen LogP contribution in [0.15, 0.2) is 54.7 Å². The monoisotopic (exact) mass is 432 g/mol. The van der Waals surface area contributed by atoms with Crippen molar-refractivity contribution in [2.75, 3.05) is 18.5 Å². The van der Waals surface area contributed by atoms with Gasteiger partial charge in [0.2, 0.25) is 0 Å². The van der Waals surface area contributed by atoms with E-state index in [4.69, 9.17) is 4.74 Å². The van der Waals surface area contributed by atoms with Crippen LogP contribution >= 0.6 is 11.3 Å². The largest absolute Gasteiger partial charge is 0.449 e. The topological polar surface area (TPSA) is 95.3 Å². The van der Waals surface area contributed by atoms with Gasteiger partial charge in [0.05, 0.1) is 18.7 Å². The number of carbonyl (C=O) groups is 2. The molecular formula is C23H20N4O3S. The fourth-order valence-corrected chi connectivity index (χ4v) is 4.62. The average Bonchev–Trinajstić information content (AvgIpc) is 3.16. The highest BCUT2D eigenvalue weighted by molar-refractivity contribution is 7.16. The quantitative estimate of drug-likeness (QED) is 0.657. The van der Waals surface area contributed by atoms with Crippen LogP contribution < -0.4 is 5.32 Å². The molecule has 8 heteroatoms. The SMILES string of the molecule is N#Cc1c(NC(=O)c2ccccc2)sc2c1CCN(C(=O)OCCc1ccccn1)C2. The molecule has 0 atom stereocenters. The van der Waals surface area contributed by atoms with Crippen LogP contribution in [0.25, 0.3) is 0 Å². The zero-order valence-electron chi connectivity index (χ0n) is 16.7. The summed E-state index contributed by atoms with van der Waals surface area (Å²) in [7, 11) is 0. The van der Waals surface area contributed by atoms with E-state index in [0.717, 1.165) is 16.1 Å². The standard InChI is InChI=1S/C23H20N4O3S/c24-14-19-18-9-12-27(23(29)30-13-10-17-8-4-5-11-25-17)15-20(18)31-22(19)26-21(28)16-6-2-1-3-7-16/h1-8,11H,9-10,12-13,15H2,(H,26,28). The number of fused-ring (bicyclic) bond motifs is 1. The summed E-state index contributed by atoms with van der Waals surface area (Å²) in [5, 5.41) is 13.0. The predicted molar refractivity (Wildman–Crippen MR) is 117 cm³/mol. The number of pyridine rings is 1. The number of aromatic nitrogens is 1. The number of rotatable bonds is 5. The maximum atomic E-state index is 12.5. The molecule has 2 aromatic heterocycles. The first-order valence-corrected chi connectivity index (χ1v) is 10.7. The van der Waals surface area contributed by atoms with Crippen molar-refractivity contribution in [3.05, 3.63) is 82.0 Å². The molecule has 0 unspecified atom stereocenters. The third-order valence-corrected chi connectivity index (χ3v) is 6.13. The summed E-state index contributed by atoms with van der Waals surface area (Å²) in [6, 6.07) is 16.7. The zero-order chi connectivity index (χ0) is 21.6. The number of carbonyl (C=O) groups excluding carboxylic acids is 2. The number of benzene rings is 1. The molecule has 1 N–H and O–H groups in total. The van der Waals surface area contributed by atoms with Crippen molar-refractivity contribution >= 4 is 28.3 Å². The number of nitriles is 1. The van der Waals surface area contributed by atoms with Crippen molar-refractivity contribution < 1.29 is 14.3 Å². The van der Waals surface area contributed by atoms with Crippen LogP contribution in [0.1, 0.15) is 32.1 Å². The Hall–Kier alpha value is -3.70. The van der Waals surface area contributed by atoms with Crippen molar-refractivity contribution in [3.63, 3.8) is 0 Å². The lowest BCUT2D eigenvalue weighted by Gasteiger charge is -2.26. The van der Waals surface area contributed by atoms with Crippen LogP contribution in [0, 0.1) is 11.3 Å². The van der Waals surface area contributed by atoms with Gasteiger partial charge in [0.25, 0.3) is 5.91 Å². The number of nitrogens with zero attached hydrogens (tertiary/aromatic N) is 3. The van der Waals surface area contributed by atoms with Crippen molar-refractivity contribution in [2.45, 2.75) is 19.4 Å². The van der Waals surface area contributed by atoms with Gasteiger partial charge in [-0.15, -0.1) is 11.3 Å². The summed E-state index contributed by atoms with van der Waals surface area (Å²) in [6.45, 7) is 1.08. The maximum absolute atomic E-state index is 12.5. The lowest BCUT2D eigenvalue weighted by Crippen LogP contribution is -2.36. The van der Waals surface area contributed by atoms with Crippen LogP contribution in [0.4, 0.5) is 9.80 Å². The van der Waals surface area contributed by atoms with Crippen molar-refractivity contribution in [1.29, 1.82) is 5.26 Å². The first kappa shape index (κ1) is 20.6. The molecule has 2 amide bonds. The molecule has 0 bridgehead atoms. The first-order valence-electron chi connectivity index (χ1n) is 9.88. The number of hydrogen-bond acceptors (Lipinski definition) is 6. The van der Waals surface area contributed by atoms with E-state index in [-0.39, 0.29) is 18.6 Å². The zero-order valence-corrected chi connectivity index (χ0v) is 17.5. The molecule has 0 radical (unpaired) electrons. The van der Waals surface area contributed by atoms with Gasteiger partial charge in [0.1, 0.15) is 11.1 Å². The van der Waals surface area contributed by atoms with E-state index in [9.17, 15) is 14.9 Å².